The summed E-state index contributed by atoms with van der Waals surface area (Å²) in [5.41, 5.74) is 3.12. The summed E-state index contributed by atoms with van der Waals surface area (Å²) < 4.78 is 13.1. The zero-order chi connectivity index (χ0) is 11.4. The van der Waals surface area contributed by atoms with Crippen LogP contribution in [0, 0.1) is 12.7 Å². The third kappa shape index (κ3) is 3.07. The number of hydrogen-bond donors (Lipinski definition) is 1. The molecule has 1 aromatic carbocycles. The van der Waals surface area contributed by atoms with Crippen LogP contribution in [0.15, 0.2) is 35.0 Å². The monoisotopic (exact) mass is 235 g/mol. The molecule has 0 aliphatic rings. The summed E-state index contributed by atoms with van der Waals surface area (Å²) >= 11 is 1.70. The van der Waals surface area contributed by atoms with Crippen LogP contribution >= 0.6 is 11.3 Å². The van der Waals surface area contributed by atoms with Gasteiger partial charge in [0.05, 0.1) is 0 Å². The number of thiophene rings is 1. The number of aryl methyl sites for hydroxylation is 1. The van der Waals surface area contributed by atoms with Crippen molar-refractivity contribution in [1.29, 1.82) is 0 Å². The van der Waals surface area contributed by atoms with Crippen LogP contribution in [0.5, 0.6) is 0 Å². The first kappa shape index (κ1) is 11.1. The smallest absolute Gasteiger partial charge is 0.125 e. The van der Waals surface area contributed by atoms with Crippen LogP contribution in [0.1, 0.15) is 11.1 Å². The first-order valence-corrected chi connectivity index (χ1v) is 6.20. The number of rotatable bonds is 4. The summed E-state index contributed by atoms with van der Waals surface area (Å²) in [6.07, 6.45) is 0.971. The lowest BCUT2D eigenvalue weighted by molar-refractivity contribution is 0.627. The van der Waals surface area contributed by atoms with E-state index in [0.29, 0.717) is 0 Å². The van der Waals surface area contributed by atoms with E-state index in [2.05, 4.69) is 22.1 Å². The van der Waals surface area contributed by atoms with Gasteiger partial charge in [-0.2, -0.15) is 11.3 Å². The molecule has 1 N–H and O–H groups in total. The fraction of sp³-hybridized carbons (Fsp3) is 0.231. The Labute approximate surface area is 98.9 Å². The van der Waals surface area contributed by atoms with E-state index in [1.807, 2.05) is 13.0 Å². The van der Waals surface area contributed by atoms with Crippen LogP contribution in [-0.2, 0) is 6.42 Å². The van der Waals surface area contributed by atoms with E-state index in [1.54, 1.807) is 11.3 Å². The number of nitrogens with one attached hydrogen (secondary N) is 1. The van der Waals surface area contributed by atoms with Crippen molar-refractivity contribution in [3.63, 3.8) is 0 Å². The van der Waals surface area contributed by atoms with E-state index in [4.69, 9.17) is 0 Å². The van der Waals surface area contributed by atoms with E-state index in [1.165, 1.54) is 17.7 Å². The van der Waals surface area contributed by atoms with Crippen LogP contribution in [-0.4, -0.2) is 6.54 Å². The molecule has 0 radical (unpaired) electrons. The normalized spacial score (nSPS) is 10.4. The van der Waals surface area contributed by atoms with Crippen molar-refractivity contribution < 1.29 is 4.39 Å². The van der Waals surface area contributed by atoms with E-state index in [0.717, 1.165) is 24.2 Å². The summed E-state index contributed by atoms with van der Waals surface area (Å²) in [7, 11) is 0. The van der Waals surface area contributed by atoms with Crippen LogP contribution in [0.4, 0.5) is 10.1 Å². The summed E-state index contributed by atoms with van der Waals surface area (Å²) in [4.78, 5) is 0. The minimum Gasteiger partial charge on any atom is -0.385 e. The zero-order valence-corrected chi connectivity index (χ0v) is 9.98. The molecule has 0 amide bonds. The summed E-state index contributed by atoms with van der Waals surface area (Å²) in [5.74, 6) is -0.182. The predicted octanol–water partition coefficient (Wildman–Crippen LogP) is 3.85. The maximum Gasteiger partial charge on any atom is 0.125 e. The van der Waals surface area contributed by atoms with Gasteiger partial charge in [-0.25, -0.2) is 4.39 Å². The van der Waals surface area contributed by atoms with Crippen molar-refractivity contribution in [1.82, 2.24) is 0 Å². The van der Waals surface area contributed by atoms with Crippen molar-refractivity contribution in [2.75, 3.05) is 11.9 Å². The third-order valence-electron chi connectivity index (χ3n) is 2.37. The minimum atomic E-state index is -0.182. The van der Waals surface area contributed by atoms with Gasteiger partial charge in [-0.3, -0.25) is 0 Å². The molecule has 0 spiro atoms. The number of benzene rings is 1. The van der Waals surface area contributed by atoms with E-state index in [9.17, 15) is 4.39 Å². The Kier molecular flexibility index (Phi) is 3.57. The molecule has 0 atom stereocenters. The standard InChI is InChI=1S/C13H14FNS/c1-10-6-12(14)8-13(7-10)15-4-2-11-3-5-16-9-11/h3,5-9,15H,2,4H2,1H3. The molecule has 0 saturated carbocycles. The highest BCUT2D eigenvalue weighted by atomic mass is 32.1. The van der Waals surface area contributed by atoms with Gasteiger partial charge in [-0.1, -0.05) is 0 Å². The second kappa shape index (κ2) is 5.12. The van der Waals surface area contributed by atoms with Gasteiger partial charge >= 0.3 is 0 Å². The Bertz CT molecular complexity index is 431. The molecule has 1 nitrogen and oxygen atoms in total. The first-order valence-electron chi connectivity index (χ1n) is 5.26. The van der Waals surface area contributed by atoms with Crippen LogP contribution < -0.4 is 5.32 Å². The van der Waals surface area contributed by atoms with Crippen molar-refractivity contribution in [2.24, 2.45) is 0 Å². The molecule has 0 fully saturated rings. The second-order valence-electron chi connectivity index (χ2n) is 3.83. The molecule has 3 heteroatoms. The van der Waals surface area contributed by atoms with Gasteiger partial charge in [-0.15, -0.1) is 0 Å². The summed E-state index contributed by atoms with van der Waals surface area (Å²) in [6, 6.07) is 7.13. The molecule has 1 aromatic heterocycles. The van der Waals surface area contributed by atoms with Crippen molar-refractivity contribution in [2.45, 2.75) is 13.3 Å². The molecular formula is C13H14FNS. The lowest BCUT2D eigenvalue weighted by Gasteiger charge is -2.06. The second-order valence-corrected chi connectivity index (χ2v) is 4.61. The molecule has 0 bridgehead atoms. The highest BCUT2D eigenvalue weighted by Crippen LogP contribution is 2.13. The molecule has 2 rings (SSSR count). The first-order chi connectivity index (χ1) is 7.74. The van der Waals surface area contributed by atoms with Crippen LogP contribution in [0.25, 0.3) is 0 Å². The Balaban J connectivity index is 1.89. The molecule has 16 heavy (non-hydrogen) atoms. The molecule has 0 aliphatic heterocycles. The quantitative estimate of drug-likeness (QED) is 0.848. The molecule has 2 aromatic rings. The molecule has 0 aliphatic carbocycles. The highest BCUT2D eigenvalue weighted by Gasteiger charge is 1.98. The number of anilines is 1. The van der Waals surface area contributed by atoms with Crippen LogP contribution in [0.2, 0.25) is 0 Å². The lowest BCUT2D eigenvalue weighted by Crippen LogP contribution is -2.04. The maximum absolute atomic E-state index is 13.1. The zero-order valence-electron chi connectivity index (χ0n) is 9.16. The minimum absolute atomic E-state index is 0.182. The van der Waals surface area contributed by atoms with Crippen molar-refractivity contribution >= 4 is 17.0 Å². The van der Waals surface area contributed by atoms with Gasteiger partial charge in [-0.05, 0) is 59.5 Å². The molecule has 0 unspecified atom stereocenters. The van der Waals surface area contributed by atoms with E-state index < -0.39 is 0 Å². The van der Waals surface area contributed by atoms with Gasteiger partial charge in [0.1, 0.15) is 5.82 Å². The van der Waals surface area contributed by atoms with Gasteiger partial charge in [0.2, 0.25) is 0 Å². The average Bonchev–Trinajstić information content (AvgIpc) is 2.69. The largest absolute Gasteiger partial charge is 0.385 e. The number of halogens is 1. The Morgan fingerprint density at radius 2 is 2.19 bits per heavy atom. The van der Waals surface area contributed by atoms with Gasteiger partial charge in [0.25, 0.3) is 0 Å². The van der Waals surface area contributed by atoms with E-state index in [-0.39, 0.29) is 5.82 Å². The Hall–Kier alpha value is -1.35. The SMILES string of the molecule is Cc1cc(F)cc(NCCc2ccsc2)c1. The molecule has 1 heterocycles. The number of hydrogen-bond acceptors (Lipinski definition) is 2. The van der Waals surface area contributed by atoms with Gasteiger partial charge in [0, 0.05) is 12.2 Å². The molecular weight excluding hydrogens is 221 g/mol. The average molecular weight is 235 g/mol. The predicted molar refractivity (Wildman–Crippen MR) is 67.6 cm³/mol. The topological polar surface area (TPSA) is 12.0 Å². The van der Waals surface area contributed by atoms with E-state index >= 15 is 0 Å². The summed E-state index contributed by atoms with van der Waals surface area (Å²) in [5, 5.41) is 7.44. The maximum atomic E-state index is 13.1. The lowest BCUT2D eigenvalue weighted by atomic mass is 10.2. The van der Waals surface area contributed by atoms with Gasteiger partial charge in [0.15, 0.2) is 0 Å². The fourth-order valence-corrected chi connectivity index (χ4v) is 2.33. The Morgan fingerprint density at radius 1 is 1.31 bits per heavy atom. The van der Waals surface area contributed by atoms with Crippen molar-refractivity contribution in [3.05, 3.63) is 52.0 Å². The third-order valence-corrected chi connectivity index (χ3v) is 3.10. The highest BCUT2D eigenvalue weighted by molar-refractivity contribution is 7.07. The molecule has 84 valence electrons. The van der Waals surface area contributed by atoms with Gasteiger partial charge < -0.3 is 5.32 Å². The van der Waals surface area contributed by atoms with Crippen LogP contribution in [0.3, 0.4) is 0 Å². The molecule has 0 saturated heterocycles. The summed E-state index contributed by atoms with van der Waals surface area (Å²) in [6.45, 7) is 2.73. The van der Waals surface area contributed by atoms with Crippen molar-refractivity contribution in [3.8, 4) is 0 Å². The fourth-order valence-electron chi connectivity index (χ4n) is 1.62. The Morgan fingerprint density at radius 3 is 2.88 bits per heavy atom.